The molecule has 2 N–H and O–H groups in total. The minimum absolute atomic E-state index is 0.0234. The van der Waals surface area contributed by atoms with Gasteiger partial charge in [0.25, 0.3) is 0 Å². The van der Waals surface area contributed by atoms with E-state index in [9.17, 15) is 14.0 Å². The SMILES string of the molecule is CC(C)(C)OC(=O)N1CCCC1c1nc2ccc(C3CCC(c4ccc5nc(C6CCCN6C(=O)OC(C)(C)C)[nH]c5c4)N3c3ccc(F)cc3)cc2[nH]1.CI. The Kier molecular flexibility index (Phi) is 11.3. The van der Waals surface area contributed by atoms with Gasteiger partial charge in [0.1, 0.15) is 28.7 Å². The zero-order valence-electron chi connectivity index (χ0n) is 33.4. The van der Waals surface area contributed by atoms with Gasteiger partial charge in [-0.05, 0) is 145 Å². The zero-order chi connectivity index (χ0) is 39.9. The maximum Gasteiger partial charge on any atom is 0.410 e. The van der Waals surface area contributed by atoms with Crippen molar-refractivity contribution < 1.29 is 23.5 Å². The molecule has 13 heteroatoms. The summed E-state index contributed by atoms with van der Waals surface area (Å²) in [6, 6.07) is 19.2. The third-order valence-electron chi connectivity index (χ3n) is 10.7. The van der Waals surface area contributed by atoms with E-state index in [0.29, 0.717) is 13.1 Å². The van der Waals surface area contributed by atoms with Crippen molar-refractivity contribution in [3.63, 3.8) is 0 Å². The molecule has 0 aliphatic carbocycles. The van der Waals surface area contributed by atoms with Gasteiger partial charge in [0.05, 0.1) is 46.2 Å². The Balaban J connectivity index is 0.00000237. The summed E-state index contributed by atoms with van der Waals surface area (Å²) in [7, 11) is 0. The number of hydrogen-bond acceptors (Lipinski definition) is 7. The summed E-state index contributed by atoms with van der Waals surface area (Å²) in [5, 5.41) is 0. The maximum atomic E-state index is 14.2. The topological polar surface area (TPSA) is 120 Å². The first-order valence-corrected chi connectivity index (χ1v) is 21.8. The van der Waals surface area contributed by atoms with Crippen molar-refractivity contribution in [1.29, 1.82) is 0 Å². The van der Waals surface area contributed by atoms with E-state index in [1.54, 1.807) is 9.80 Å². The maximum absolute atomic E-state index is 14.2. The Hall–Kier alpha value is -4.40. The van der Waals surface area contributed by atoms with Crippen molar-refractivity contribution >= 4 is 62.5 Å². The highest BCUT2D eigenvalue weighted by atomic mass is 127. The number of ether oxygens (including phenoxy) is 2. The second-order valence-corrected chi connectivity index (χ2v) is 17.0. The van der Waals surface area contributed by atoms with Crippen LogP contribution < -0.4 is 4.90 Å². The molecular formula is C43H53FIN7O4. The number of nitrogens with one attached hydrogen (secondary N) is 2. The number of likely N-dealkylation sites (tertiary alicyclic amines) is 2. The second kappa shape index (κ2) is 15.9. The Morgan fingerprint density at radius 2 is 1.09 bits per heavy atom. The summed E-state index contributed by atoms with van der Waals surface area (Å²) in [4.78, 5) is 51.0. The van der Waals surface area contributed by atoms with Crippen LogP contribution >= 0.6 is 22.6 Å². The van der Waals surface area contributed by atoms with Crippen LogP contribution in [0.5, 0.6) is 0 Å². The molecule has 4 atom stereocenters. The number of H-pyrrole nitrogens is 2. The predicted octanol–water partition coefficient (Wildman–Crippen LogP) is 10.9. The first kappa shape index (κ1) is 39.8. The summed E-state index contributed by atoms with van der Waals surface area (Å²) in [6.45, 7) is 12.6. The molecule has 0 radical (unpaired) electrons. The molecule has 11 nitrogen and oxygen atoms in total. The standard InChI is InChI=1S/C42H50FN7O4.CH3I/c1-41(2,3)53-39(51)48-21-7-9-35(48)37-44-29-17-11-25(23-31(29)46-37)33-19-20-34(50(33)28-15-13-27(43)14-16-28)26-12-18-30-32(24-26)47-38(45-30)36-10-8-22-49(36)40(52)54-42(4,5)6;1-2/h11-18,23-24,33-36H,7-10,19-22H2,1-6H3,(H,44,46)(H,45,47);1H3. The van der Waals surface area contributed by atoms with Gasteiger partial charge >= 0.3 is 12.2 Å². The highest BCUT2D eigenvalue weighted by molar-refractivity contribution is 14.1. The van der Waals surface area contributed by atoms with Crippen LogP contribution in [-0.4, -0.2) is 71.1 Å². The first-order chi connectivity index (χ1) is 26.7. The van der Waals surface area contributed by atoms with E-state index in [0.717, 1.165) is 89.1 Å². The lowest BCUT2D eigenvalue weighted by atomic mass is 10.0. The molecule has 3 saturated heterocycles. The molecule has 0 bridgehead atoms. The number of hydrogen-bond donors (Lipinski definition) is 2. The van der Waals surface area contributed by atoms with Crippen LogP contribution in [0.15, 0.2) is 60.7 Å². The third kappa shape index (κ3) is 8.33. The average Bonchev–Trinajstić information content (AvgIpc) is 3.99. The number of alkyl halides is 1. The summed E-state index contributed by atoms with van der Waals surface area (Å²) in [5.41, 5.74) is 5.59. The molecule has 3 aliphatic rings. The van der Waals surface area contributed by atoms with Crippen molar-refractivity contribution in [1.82, 2.24) is 29.7 Å². The Labute approximate surface area is 341 Å². The van der Waals surface area contributed by atoms with E-state index in [2.05, 4.69) is 73.9 Å². The monoisotopic (exact) mass is 877 g/mol. The van der Waals surface area contributed by atoms with Crippen LogP contribution in [0, 0.1) is 5.82 Å². The van der Waals surface area contributed by atoms with Gasteiger partial charge in [0, 0.05) is 18.8 Å². The third-order valence-corrected chi connectivity index (χ3v) is 10.7. The van der Waals surface area contributed by atoms with E-state index in [1.807, 2.05) is 58.6 Å². The molecule has 2 aromatic heterocycles. The van der Waals surface area contributed by atoms with Gasteiger partial charge in [-0.25, -0.2) is 23.9 Å². The lowest BCUT2D eigenvalue weighted by Gasteiger charge is -2.33. The normalized spacial score (nSPS) is 21.5. The van der Waals surface area contributed by atoms with E-state index in [1.165, 1.54) is 12.1 Å². The van der Waals surface area contributed by atoms with Crippen molar-refractivity contribution in [3.8, 4) is 0 Å². The predicted molar refractivity (Wildman–Crippen MR) is 226 cm³/mol. The summed E-state index contributed by atoms with van der Waals surface area (Å²) >= 11 is 2.15. The van der Waals surface area contributed by atoms with Crippen LogP contribution in [0.25, 0.3) is 22.1 Å². The smallest absolute Gasteiger partial charge is 0.410 e. The molecule has 298 valence electrons. The van der Waals surface area contributed by atoms with Crippen LogP contribution in [0.1, 0.15) is 127 Å². The Morgan fingerprint density at radius 3 is 1.50 bits per heavy atom. The largest absolute Gasteiger partial charge is 0.444 e. The molecule has 8 rings (SSSR count). The van der Waals surface area contributed by atoms with Gasteiger partial charge < -0.3 is 24.3 Å². The molecular weight excluding hydrogens is 824 g/mol. The fourth-order valence-corrected chi connectivity index (χ4v) is 8.44. The molecule has 3 aromatic carbocycles. The van der Waals surface area contributed by atoms with Gasteiger partial charge in [-0.1, -0.05) is 34.7 Å². The van der Waals surface area contributed by atoms with E-state index in [4.69, 9.17) is 19.4 Å². The number of aromatic nitrogens is 4. The molecule has 0 saturated carbocycles. The van der Waals surface area contributed by atoms with Crippen LogP contribution in [0.3, 0.4) is 0 Å². The van der Waals surface area contributed by atoms with Crippen molar-refractivity contribution in [3.05, 3.63) is 89.3 Å². The average molecular weight is 878 g/mol. The number of carbonyl (C=O) groups is 2. The fraction of sp³-hybridized carbons (Fsp3) is 0.488. The fourth-order valence-electron chi connectivity index (χ4n) is 8.44. The second-order valence-electron chi connectivity index (χ2n) is 17.0. The molecule has 4 unspecified atom stereocenters. The lowest BCUT2D eigenvalue weighted by Crippen LogP contribution is -2.36. The number of rotatable bonds is 5. The number of amides is 2. The van der Waals surface area contributed by atoms with Crippen molar-refractivity contribution in [2.45, 2.75) is 115 Å². The number of imidazole rings is 2. The Morgan fingerprint density at radius 1 is 0.661 bits per heavy atom. The number of carbonyl (C=O) groups excluding carboxylic acids is 2. The van der Waals surface area contributed by atoms with Crippen LogP contribution in [0.2, 0.25) is 0 Å². The van der Waals surface area contributed by atoms with Gasteiger partial charge in [-0.15, -0.1) is 0 Å². The number of anilines is 1. The molecule has 2 amide bonds. The number of fused-ring (bicyclic) bond motifs is 2. The molecule has 0 spiro atoms. The molecule has 56 heavy (non-hydrogen) atoms. The zero-order valence-corrected chi connectivity index (χ0v) is 35.5. The van der Waals surface area contributed by atoms with Crippen LogP contribution in [-0.2, 0) is 9.47 Å². The molecule has 5 aromatic rings. The summed E-state index contributed by atoms with van der Waals surface area (Å²) < 4.78 is 25.7. The minimum Gasteiger partial charge on any atom is -0.444 e. The quantitative estimate of drug-likeness (QED) is 0.133. The van der Waals surface area contributed by atoms with E-state index < -0.39 is 11.2 Å². The highest BCUT2D eigenvalue weighted by Gasteiger charge is 2.39. The molecule has 5 heterocycles. The lowest BCUT2D eigenvalue weighted by molar-refractivity contribution is 0.0208. The number of aromatic amines is 2. The van der Waals surface area contributed by atoms with Crippen LogP contribution in [0.4, 0.5) is 19.7 Å². The summed E-state index contributed by atoms with van der Waals surface area (Å²) in [5.74, 6) is 1.26. The van der Waals surface area contributed by atoms with Gasteiger partial charge in [0.15, 0.2) is 0 Å². The highest BCUT2D eigenvalue weighted by Crippen LogP contribution is 2.48. The van der Waals surface area contributed by atoms with E-state index in [-0.39, 0.29) is 42.2 Å². The number of nitrogens with zero attached hydrogens (tertiary/aromatic N) is 5. The van der Waals surface area contributed by atoms with Gasteiger partial charge in [-0.2, -0.15) is 0 Å². The van der Waals surface area contributed by atoms with Crippen molar-refractivity contribution in [2.24, 2.45) is 0 Å². The number of halogens is 2. The van der Waals surface area contributed by atoms with Crippen molar-refractivity contribution in [2.75, 3.05) is 22.9 Å². The minimum atomic E-state index is -0.573. The summed E-state index contributed by atoms with van der Waals surface area (Å²) in [6.07, 6.45) is 4.57. The van der Waals surface area contributed by atoms with Gasteiger partial charge in [0.2, 0.25) is 0 Å². The first-order valence-electron chi connectivity index (χ1n) is 19.6. The van der Waals surface area contributed by atoms with Gasteiger partial charge in [-0.3, -0.25) is 9.80 Å². The van der Waals surface area contributed by atoms with E-state index >= 15 is 0 Å². The molecule has 3 aliphatic heterocycles. The Bertz CT molecular complexity index is 2060. The number of benzene rings is 3. The molecule has 3 fully saturated rings.